The van der Waals surface area contributed by atoms with Crippen molar-refractivity contribution in [1.82, 2.24) is 0 Å². The Morgan fingerprint density at radius 3 is 2.20 bits per heavy atom. The highest BCUT2D eigenvalue weighted by molar-refractivity contribution is 8.13. The van der Waals surface area contributed by atoms with Crippen molar-refractivity contribution in [3.8, 4) is 0 Å². The number of halogens is 1. The maximum absolute atomic E-state index is 11.3. The first kappa shape index (κ1) is 16.8. The average molecular weight is 318 g/mol. The summed E-state index contributed by atoms with van der Waals surface area (Å²) in [5.41, 5.74) is 10.4. The van der Waals surface area contributed by atoms with Crippen molar-refractivity contribution in [2.24, 2.45) is 5.11 Å². The van der Waals surface area contributed by atoms with E-state index in [0.29, 0.717) is 22.3 Å². The van der Waals surface area contributed by atoms with Gasteiger partial charge >= 0.3 is 7.12 Å². The Morgan fingerprint density at radius 2 is 1.80 bits per heavy atom. The third-order valence-electron chi connectivity index (χ3n) is 3.14. The van der Waals surface area contributed by atoms with E-state index in [4.69, 9.17) is 16.2 Å². The van der Waals surface area contributed by atoms with Crippen LogP contribution in [0.4, 0.5) is 5.69 Å². The number of benzene rings is 1. The highest BCUT2D eigenvalue weighted by atomic mass is 35.7. The molecule has 0 aromatic heterocycles. The molecule has 1 rings (SSSR count). The Hall–Kier alpha value is -1.25. The van der Waals surface area contributed by atoms with Gasteiger partial charge in [0.25, 0.3) is 0 Å². The van der Waals surface area contributed by atoms with Crippen molar-refractivity contribution < 1.29 is 18.5 Å². The molecule has 2 N–H and O–H groups in total. The van der Waals surface area contributed by atoms with Gasteiger partial charge in [-0.1, -0.05) is 5.11 Å². The van der Waals surface area contributed by atoms with E-state index in [1.165, 1.54) is 0 Å². The average Bonchev–Trinajstić information content (AvgIpc) is 2.28. The first-order chi connectivity index (χ1) is 9.10. The van der Waals surface area contributed by atoms with Crippen LogP contribution in [0.15, 0.2) is 5.11 Å². The van der Waals surface area contributed by atoms with Crippen molar-refractivity contribution in [3.05, 3.63) is 32.7 Å². The van der Waals surface area contributed by atoms with E-state index in [2.05, 4.69) is 10.0 Å². The van der Waals surface area contributed by atoms with Gasteiger partial charge in [0.2, 0.25) is 9.05 Å². The number of hydrogen-bond acceptors (Lipinski definition) is 5. The molecule has 0 bridgehead atoms. The van der Waals surface area contributed by atoms with Crippen LogP contribution in [0.1, 0.15) is 22.3 Å². The lowest BCUT2D eigenvalue weighted by molar-refractivity contribution is 0.425. The molecule has 108 valence electrons. The van der Waals surface area contributed by atoms with E-state index in [1.54, 1.807) is 20.8 Å². The molecule has 0 fully saturated rings. The second kappa shape index (κ2) is 6.03. The Kier molecular flexibility index (Phi) is 5.07. The Morgan fingerprint density at radius 1 is 1.25 bits per heavy atom. The fourth-order valence-electron chi connectivity index (χ4n) is 2.25. The molecule has 0 amide bonds. The summed E-state index contributed by atoms with van der Waals surface area (Å²) < 4.78 is 22.6. The summed E-state index contributed by atoms with van der Waals surface area (Å²) in [5.74, 6) is -0.486. The van der Waals surface area contributed by atoms with Gasteiger partial charge in [0.1, 0.15) is 0 Å². The molecule has 0 atom stereocenters. The lowest BCUT2D eigenvalue weighted by Crippen LogP contribution is -2.35. The van der Waals surface area contributed by atoms with Gasteiger partial charge in [0.05, 0.1) is 5.75 Å². The number of nitrogens with zero attached hydrogens (tertiary/aromatic N) is 3. The highest BCUT2D eigenvalue weighted by Crippen LogP contribution is 2.30. The molecule has 7 nitrogen and oxygen atoms in total. The summed E-state index contributed by atoms with van der Waals surface area (Å²) in [5, 5.41) is 22.4. The highest BCUT2D eigenvalue weighted by Gasteiger charge is 2.25. The van der Waals surface area contributed by atoms with E-state index < -0.39 is 21.9 Å². The van der Waals surface area contributed by atoms with Crippen molar-refractivity contribution in [1.29, 1.82) is 0 Å². The zero-order valence-electron chi connectivity index (χ0n) is 11.1. The van der Waals surface area contributed by atoms with Crippen LogP contribution in [-0.4, -0.2) is 25.6 Å². The molecule has 1 aromatic rings. The molecule has 10 heteroatoms. The topological polar surface area (TPSA) is 123 Å². The Bertz CT molecular complexity index is 699. The SMILES string of the molecule is Cc1c(CS(=O)(=O)Cl)c(C)c(B(O)O)c(C)c1N=[N+]=[N-]. The summed E-state index contributed by atoms with van der Waals surface area (Å²) in [4.78, 5) is 2.67. The van der Waals surface area contributed by atoms with Crippen molar-refractivity contribution in [2.75, 3.05) is 0 Å². The van der Waals surface area contributed by atoms with Gasteiger partial charge in [-0.2, -0.15) is 0 Å². The predicted octanol–water partition coefficient (Wildman–Crippen LogP) is 1.30. The van der Waals surface area contributed by atoms with Gasteiger partial charge in [-0.05, 0) is 54.0 Å². The minimum absolute atomic E-state index is 0.119. The molecule has 0 aliphatic rings. The molecular weight excluding hydrogens is 304 g/mol. The van der Waals surface area contributed by atoms with Gasteiger partial charge in [-0.3, -0.25) is 0 Å². The number of azide groups is 1. The van der Waals surface area contributed by atoms with Gasteiger partial charge in [0, 0.05) is 21.3 Å². The first-order valence-corrected chi connectivity index (χ1v) is 8.04. The van der Waals surface area contributed by atoms with E-state index in [9.17, 15) is 18.5 Å². The molecule has 0 spiro atoms. The first-order valence-electron chi connectivity index (χ1n) is 5.56. The predicted molar refractivity (Wildman–Crippen MR) is 77.8 cm³/mol. The molecule has 20 heavy (non-hydrogen) atoms. The maximum atomic E-state index is 11.3. The third-order valence-corrected chi connectivity index (χ3v) is 4.10. The molecule has 0 saturated heterocycles. The fraction of sp³-hybridized carbons (Fsp3) is 0.400. The summed E-state index contributed by atoms with van der Waals surface area (Å²) in [6, 6.07) is 0. The van der Waals surface area contributed by atoms with Crippen molar-refractivity contribution >= 4 is 38.0 Å². The Balaban J connectivity index is 3.80. The summed E-state index contributed by atoms with van der Waals surface area (Å²) in [6.07, 6.45) is 0. The van der Waals surface area contributed by atoms with Crippen LogP contribution in [0.3, 0.4) is 0 Å². The maximum Gasteiger partial charge on any atom is 0.488 e. The molecule has 0 heterocycles. The quantitative estimate of drug-likeness (QED) is 0.285. The molecule has 0 aliphatic heterocycles. The van der Waals surface area contributed by atoms with E-state index in [-0.39, 0.29) is 11.2 Å². The third kappa shape index (κ3) is 3.44. The second-order valence-corrected chi connectivity index (χ2v) is 7.14. The zero-order chi connectivity index (χ0) is 15.7. The van der Waals surface area contributed by atoms with Crippen LogP contribution in [0.25, 0.3) is 10.4 Å². The zero-order valence-corrected chi connectivity index (χ0v) is 12.7. The second-order valence-electron chi connectivity index (χ2n) is 4.36. The Labute approximate surface area is 121 Å². The van der Waals surface area contributed by atoms with Gasteiger partial charge in [-0.25, -0.2) is 8.42 Å². The van der Waals surface area contributed by atoms with E-state index in [0.717, 1.165) is 0 Å². The van der Waals surface area contributed by atoms with E-state index in [1.807, 2.05) is 0 Å². The number of hydrogen-bond donors (Lipinski definition) is 2. The van der Waals surface area contributed by atoms with E-state index >= 15 is 0 Å². The molecule has 0 radical (unpaired) electrons. The summed E-state index contributed by atoms with van der Waals surface area (Å²) in [6.45, 7) is 4.72. The van der Waals surface area contributed by atoms with Crippen LogP contribution in [0.2, 0.25) is 0 Å². The smallest absolute Gasteiger partial charge is 0.423 e. The fourth-order valence-corrected chi connectivity index (χ4v) is 3.35. The van der Waals surface area contributed by atoms with Crippen LogP contribution < -0.4 is 5.46 Å². The van der Waals surface area contributed by atoms with Gasteiger partial charge in [0.15, 0.2) is 0 Å². The van der Waals surface area contributed by atoms with Gasteiger partial charge < -0.3 is 10.0 Å². The number of rotatable bonds is 4. The van der Waals surface area contributed by atoms with Crippen molar-refractivity contribution in [2.45, 2.75) is 26.5 Å². The standard InChI is InChI=1S/C10H13BClN3O4S/c1-5-8(4-20(12,18)19)6(2)10(14-15-13)7(3)9(5)11(16)17/h16-17H,4H2,1-3H3. The van der Waals surface area contributed by atoms with Crippen LogP contribution in [-0.2, 0) is 14.8 Å². The summed E-state index contributed by atoms with van der Waals surface area (Å²) in [7, 11) is -0.384. The molecule has 0 aliphatic carbocycles. The molecule has 0 saturated carbocycles. The van der Waals surface area contributed by atoms with Crippen molar-refractivity contribution in [3.63, 3.8) is 0 Å². The van der Waals surface area contributed by atoms with Crippen LogP contribution in [0.5, 0.6) is 0 Å². The summed E-state index contributed by atoms with van der Waals surface area (Å²) >= 11 is 0. The lowest BCUT2D eigenvalue weighted by Gasteiger charge is -2.19. The molecular formula is C10H13BClN3O4S. The normalized spacial score (nSPS) is 11.1. The lowest BCUT2D eigenvalue weighted by atomic mass is 9.72. The monoisotopic (exact) mass is 317 g/mol. The molecule has 1 aromatic carbocycles. The minimum atomic E-state index is -3.84. The van der Waals surface area contributed by atoms with Crippen LogP contribution >= 0.6 is 10.7 Å². The van der Waals surface area contributed by atoms with Crippen LogP contribution in [0, 0.1) is 20.8 Å². The molecule has 0 unspecified atom stereocenters. The van der Waals surface area contributed by atoms with Gasteiger partial charge in [-0.15, -0.1) is 0 Å². The largest absolute Gasteiger partial charge is 0.488 e. The minimum Gasteiger partial charge on any atom is -0.423 e.